The molecule has 0 bridgehead atoms. The number of hydrogen-bond acceptors (Lipinski definition) is 3. The molecule has 1 aliphatic heterocycles. The lowest BCUT2D eigenvalue weighted by molar-refractivity contribution is 0.0992. The predicted octanol–water partition coefficient (Wildman–Crippen LogP) is 2.29. The Bertz CT molecular complexity index is 487. The first kappa shape index (κ1) is 13.3. The maximum atomic E-state index is 12.3. The molecule has 0 saturated carbocycles. The van der Waals surface area contributed by atoms with Crippen LogP contribution in [0.2, 0.25) is 0 Å². The molecule has 96 valence electrons. The summed E-state index contributed by atoms with van der Waals surface area (Å²) in [5, 5.41) is 9.07. The summed E-state index contributed by atoms with van der Waals surface area (Å²) < 4.78 is 17.5. The Hall–Kier alpha value is -1.18. The van der Waals surface area contributed by atoms with Crippen LogP contribution in [0, 0.1) is 18.3 Å². The Kier molecular flexibility index (Phi) is 4.51. The van der Waals surface area contributed by atoms with E-state index in [1.807, 2.05) is 19.1 Å². The third kappa shape index (κ3) is 3.18. The molecule has 0 aromatic heterocycles. The number of aryl methyl sites for hydroxylation is 1. The lowest BCUT2D eigenvalue weighted by atomic mass is 10.1. The third-order valence-corrected chi connectivity index (χ3v) is 5.12. The van der Waals surface area contributed by atoms with Gasteiger partial charge in [0.2, 0.25) is 0 Å². The van der Waals surface area contributed by atoms with Crippen molar-refractivity contribution in [1.29, 1.82) is 5.26 Å². The summed E-state index contributed by atoms with van der Waals surface area (Å²) in [6.45, 7) is 3.42. The second kappa shape index (κ2) is 6.12. The molecule has 0 N–H and O–H groups in total. The molecular formula is C14H17NO2S. The molecular weight excluding hydrogens is 246 g/mol. The van der Waals surface area contributed by atoms with Crippen LogP contribution in [-0.4, -0.2) is 22.7 Å². The Morgan fingerprint density at radius 2 is 2.17 bits per heavy atom. The molecule has 1 heterocycles. The minimum atomic E-state index is -0.839. The Labute approximate surface area is 110 Å². The van der Waals surface area contributed by atoms with E-state index in [4.69, 9.17) is 10.00 Å². The van der Waals surface area contributed by atoms with Crippen molar-refractivity contribution in [2.45, 2.75) is 30.8 Å². The van der Waals surface area contributed by atoms with Crippen LogP contribution < -0.4 is 0 Å². The van der Waals surface area contributed by atoms with Gasteiger partial charge in [0, 0.05) is 35.0 Å². The molecule has 1 aromatic rings. The summed E-state index contributed by atoms with van der Waals surface area (Å²) in [6, 6.07) is 7.69. The van der Waals surface area contributed by atoms with Gasteiger partial charge in [0.25, 0.3) is 0 Å². The van der Waals surface area contributed by atoms with E-state index >= 15 is 0 Å². The summed E-state index contributed by atoms with van der Waals surface area (Å²) in [5.41, 5.74) is 2.79. The minimum Gasteiger partial charge on any atom is -0.381 e. The molecule has 1 fully saturated rings. The van der Waals surface area contributed by atoms with Crippen LogP contribution >= 0.6 is 0 Å². The smallest absolute Gasteiger partial charge is 0.0991 e. The topological polar surface area (TPSA) is 50.1 Å². The summed E-state index contributed by atoms with van der Waals surface area (Å²) >= 11 is 0. The van der Waals surface area contributed by atoms with Gasteiger partial charge in [-0.15, -0.1) is 0 Å². The van der Waals surface area contributed by atoms with Crippen molar-refractivity contribution >= 4 is 10.8 Å². The fourth-order valence-electron chi connectivity index (χ4n) is 2.14. The fraction of sp³-hybridized carbons (Fsp3) is 0.500. The first-order valence-electron chi connectivity index (χ1n) is 6.15. The van der Waals surface area contributed by atoms with Crippen molar-refractivity contribution in [3.8, 4) is 6.07 Å². The molecule has 18 heavy (non-hydrogen) atoms. The van der Waals surface area contributed by atoms with Crippen LogP contribution in [0.1, 0.15) is 29.5 Å². The van der Waals surface area contributed by atoms with Gasteiger partial charge in [-0.2, -0.15) is 5.26 Å². The average Bonchev–Trinajstić information content (AvgIpc) is 2.42. The highest BCUT2D eigenvalue weighted by molar-refractivity contribution is 7.84. The fourth-order valence-corrected chi connectivity index (χ4v) is 3.72. The highest BCUT2D eigenvalue weighted by atomic mass is 32.2. The van der Waals surface area contributed by atoms with Crippen molar-refractivity contribution < 1.29 is 8.95 Å². The molecule has 0 aliphatic carbocycles. The lowest BCUT2D eigenvalue weighted by Gasteiger charge is -2.21. The molecule has 0 spiro atoms. The number of benzene rings is 1. The first-order valence-corrected chi connectivity index (χ1v) is 7.53. The molecule has 3 nitrogen and oxygen atoms in total. The number of nitriles is 1. The molecule has 1 saturated heterocycles. The zero-order chi connectivity index (χ0) is 13.0. The van der Waals surface area contributed by atoms with E-state index in [1.165, 1.54) is 0 Å². The molecule has 0 amide bonds. The van der Waals surface area contributed by atoms with Gasteiger partial charge in [0.1, 0.15) is 0 Å². The maximum absolute atomic E-state index is 12.3. The van der Waals surface area contributed by atoms with E-state index < -0.39 is 10.8 Å². The highest BCUT2D eigenvalue weighted by Crippen LogP contribution is 2.19. The average molecular weight is 263 g/mol. The van der Waals surface area contributed by atoms with Gasteiger partial charge in [-0.1, -0.05) is 6.07 Å². The van der Waals surface area contributed by atoms with E-state index in [2.05, 4.69) is 6.07 Å². The van der Waals surface area contributed by atoms with Gasteiger partial charge in [-0.05, 0) is 43.0 Å². The summed E-state index contributed by atoms with van der Waals surface area (Å²) in [7, 11) is -0.839. The quantitative estimate of drug-likeness (QED) is 0.840. The molecule has 1 aliphatic rings. The molecule has 1 atom stereocenters. The second-order valence-electron chi connectivity index (χ2n) is 4.59. The summed E-state index contributed by atoms with van der Waals surface area (Å²) in [5.74, 6) is 0.586. The highest BCUT2D eigenvalue weighted by Gasteiger charge is 2.20. The molecule has 2 rings (SSSR count). The number of nitrogens with zero attached hydrogens (tertiary/aromatic N) is 1. The SMILES string of the molecule is Cc1cc(C#N)ccc1CS(=O)C1CCOCC1. The van der Waals surface area contributed by atoms with E-state index in [9.17, 15) is 4.21 Å². The van der Waals surface area contributed by atoms with Crippen LogP contribution in [0.4, 0.5) is 0 Å². The molecule has 1 aromatic carbocycles. The van der Waals surface area contributed by atoms with Crippen LogP contribution in [-0.2, 0) is 21.3 Å². The van der Waals surface area contributed by atoms with E-state index in [0.717, 1.165) is 37.2 Å². The van der Waals surface area contributed by atoms with Gasteiger partial charge >= 0.3 is 0 Å². The number of rotatable bonds is 3. The molecule has 0 radical (unpaired) electrons. The van der Waals surface area contributed by atoms with Gasteiger partial charge in [-0.25, -0.2) is 0 Å². The van der Waals surface area contributed by atoms with Crippen LogP contribution in [0.15, 0.2) is 18.2 Å². The first-order chi connectivity index (χ1) is 8.70. The van der Waals surface area contributed by atoms with Gasteiger partial charge < -0.3 is 4.74 Å². The van der Waals surface area contributed by atoms with Crippen molar-refractivity contribution in [2.75, 3.05) is 13.2 Å². The van der Waals surface area contributed by atoms with E-state index in [0.29, 0.717) is 11.3 Å². The molecule has 4 heteroatoms. The summed E-state index contributed by atoms with van der Waals surface area (Å²) in [4.78, 5) is 0. The largest absolute Gasteiger partial charge is 0.381 e. The second-order valence-corrected chi connectivity index (χ2v) is 6.31. The van der Waals surface area contributed by atoms with Crippen LogP contribution in [0.5, 0.6) is 0 Å². The minimum absolute atomic E-state index is 0.258. The van der Waals surface area contributed by atoms with Crippen molar-refractivity contribution in [1.82, 2.24) is 0 Å². The number of ether oxygens (including phenoxy) is 1. The number of hydrogen-bond donors (Lipinski definition) is 0. The zero-order valence-corrected chi connectivity index (χ0v) is 11.3. The van der Waals surface area contributed by atoms with Gasteiger partial charge in [0.05, 0.1) is 11.6 Å². The molecule has 1 unspecified atom stereocenters. The van der Waals surface area contributed by atoms with Crippen molar-refractivity contribution in [3.63, 3.8) is 0 Å². The monoisotopic (exact) mass is 263 g/mol. The zero-order valence-electron chi connectivity index (χ0n) is 10.5. The normalized spacial score (nSPS) is 18.2. The summed E-state index contributed by atoms with van der Waals surface area (Å²) in [6.07, 6.45) is 1.78. The van der Waals surface area contributed by atoms with Crippen LogP contribution in [0.3, 0.4) is 0 Å². The van der Waals surface area contributed by atoms with E-state index in [-0.39, 0.29) is 5.25 Å². The van der Waals surface area contributed by atoms with Crippen molar-refractivity contribution in [3.05, 3.63) is 34.9 Å². The standard InChI is InChI=1S/C14H17NO2S/c1-11-8-12(9-15)2-3-13(11)10-18(16)14-4-6-17-7-5-14/h2-3,8,14H,4-7,10H2,1H3. The Balaban J connectivity index is 2.04. The van der Waals surface area contributed by atoms with Gasteiger partial charge in [-0.3, -0.25) is 4.21 Å². The Morgan fingerprint density at radius 3 is 2.78 bits per heavy atom. The van der Waals surface area contributed by atoms with E-state index in [1.54, 1.807) is 6.07 Å². The van der Waals surface area contributed by atoms with Crippen LogP contribution in [0.25, 0.3) is 0 Å². The maximum Gasteiger partial charge on any atom is 0.0991 e. The van der Waals surface area contributed by atoms with Crippen molar-refractivity contribution in [2.24, 2.45) is 0 Å². The van der Waals surface area contributed by atoms with Gasteiger partial charge in [0.15, 0.2) is 0 Å². The third-order valence-electron chi connectivity index (χ3n) is 3.31. The Morgan fingerprint density at radius 1 is 1.44 bits per heavy atom. The predicted molar refractivity (Wildman–Crippen MR) is 71.6 cm³/mol. The lowest BCUT2D eigenvalue weighted by Crippen LogP contribution is -2.25.